The van der Waals surface area contributed by atoms with E-state index in [0.717, 1.165) is 24.2 Å². The highest BCUT2D eigenvalue weighted by molar-refractivity contribution is 5.91. The van der Waals surface area contributed by atoms with Crippen LogP contribution in [-0.2, 0) is 6.54 Å². The molecule has 0 amide bonds. The van der Waals surface area contributed by atoms with Crippen molar-refractivity contribution in [2.75, 3.05) is 18.5 Å². The molecule has 0 aliphatic heterocycles. The Labute approximate surface area is 102 Å². The third-order valence-corrected chi connectivity index (χ3v) is 2.93. The quantitative estimate of drug-likeness (QED) is 0.876. The molecular formula is C14H19N3. The Morgan fingerprint density at radius 1 is 1.29 bits per heavy atom. The largest absolute Gasteiger partial charge is 0.374 e. The van der Waals surface area contributed by atoms with E-state index in [-0.39, 0.29) is 0 Å². The minimum absolute atomic E-state index is 0.484. The van der Waals surface area contributed by atoms with Crippen LogP contribution in [-0.4, -0.2) is 18.6 Å². The fourth-order valence-corrected chi connectivity index (χ4v) is 2.09. The highest BCUT2D eigenvalue weighted by Crippen LogP contribution is 2.25. The highest BCUT2D eigenvalue weighted by Gasteiger charge is 2.08. The zero-order chi connectivity index (χ0) is 12.3. The lowest BCUT2D eigenvalue weighted by molar-refractivity contribution is 0.852. The second-order valence-electron chi connectivity index (χ2n) is 4.28. The molecule has 2 rings (SSSR count). The number of rotatable bonds is 4. The van der Waals surface area contributed by atoms with Crippen molar-refractivity contribution in [1.29, 1.82) is 0 Å². The average molecular weight is 229 g/mol. The molecule has 2 aromatic rings. The van der Waals surface area contributed by atoms with Crippen LogP contribution in [0.1, 0.15) is 19.0 Å². The van der Waals surface area contributed by atoms with Gasteiger partial charge in [-0.1, -0.05) is 25.1 Å². The topological polar surface area (TPSA) is 42.1 Å². The molecule has 2 N–H and O–H groups in total. The number of hydrogen-bond acceptors (Lipinski definition) is 3. The molecule has 3 heteroatoms. The highest BCUT2D eigenvalue weighted by atomic mass is 15.1. The van der Waals surface area contributed by atoms with Crippen LogP contribution in [0, 0.1) is 0 Å². The Bertz CT molecular complexity index is 508. The summed E-state index contributed by atoms with van der Waals surface area (Å²) in [5.41, 5.74) is 8.89. The smallest absolute Gasteiger partial charge is 0.0726 e. The maximum absolute atomic E-state index is 5.70. The van der Waals surface area contributed by atoms with E-state index in [1.165, 1.54) is 11.1 Å². The van der Waals surface area contributed by atoms with E-state index in [2.05, 4.69) is 42.1 Å². The van der Waals surface area contributed by atoms with Crippen molar-refractivity contribution in [1.82, 2.24) is 4.98 Å². The third-order valence-electron chi connectivity index (χ3n) is 2.93. The minimum atomic E-state index is 0.484. The molecule has 0 bridgehead atoms. The van der Waals surface area contributed by atoms with Crippen LogP contribution in [0.3, 0.4) is 0 Å². The van der Waals surface area contributed by atoms with Crippen LogP contribution in [0.15, 0.2) is 30.3 Å². The summed E-state index contributed by atoms with van der Waals surface area (Å²) >= 11 is 0. The van der Waals surface area contributed by atoms with Crippen molar-refractivity contribution < 1.29 is 0 Å². The summed E-state index contributed by atoms with van der Waals surface area (Å²) in [6, 6.07) is 10.3. The molecule has 0 atom stereocenters. The van der Waals surface area contributed by atoms with Crippen molar-refractivity contribution in [3.8, 4) is 0 Å². The predicted molar refractivity (Wildman–Crippen MR) is 73.2 cm³/mol. The SMILES string of the molecule is CCCN(C)c1cc(CN)nc2ccccc12. The monoisotopic (exact) mass is 229 g/mol. The molecule has 0 saturated heterocycles. The van der Waals surface area contributed by atoms with Crippen molar-refractivity contribution in [3.05, 3.63) is 36.0 Å². The molecule has 1 aromatic carbocycles. The summed E-state index contributed by atoms with van der Waals surface area (Å²) in [6.45, 7) is 3.71. The molecule has 0 radical (unpaired) electrons. The molecule has 1 heterocycles. The normalized spacial score (nSPS) is 10.8. The maximum atomic E-state index is 5.70. The fourth-order valence-electron chi connectivity index (χ4n) is 2.09. The number of benzene rings is 1. The maximum Gasteiger partial charge on any atom is 0.0726 e. The number of hydrogen-bond donors (Lipinski definition) is 1. The molecule has 0 unspecified atom stereocenters. The lowest BCUT2D eigenvalue weighted by atomic mass is 10.1. The number of nitrogens with zero attached hydrogens (tertiary/aromatic N) is 2. The Kier molecular flexibility index (Phi) is 3.59. The number of anilines is 1. The fraction of sp³-hybridized carbons (Fsp3) is 0.357. The number of pyridine rings is 1. The van der Waals surface area contributed by atoms with E-state index < -0.39 is 0 Å². The summed E-state index contributed by atoms with van der Waals surface area (Å²) in [4.78, 5) is 6.81. The molecule has 0 aliphatic rings. The molecule has 0 spiro atoms. The van der Waals surface area contributed by atoms with E-state index in [0.29, 0.717) is 6.54 Å². The van der Waals surface area contributed by atoms with Crippen LogP contribution >= 0.6 is 0 Å². The second kappa shape index (κ2) is 5.15. The van der Waals surface area contributed by atoms with Gasteiger partial charge in [-0.15, -0.1) is 0 Å². The third kappa shape index (κ3) is 2.39. The summed E-state index contributed by atoms with van der Waals surface area (Å²) in [5, 5.41) is 1.20. The van der Waals surface area contributed by atoms with Gasteiger partial charge < -0.3 is 10.6 Å². The van der Waals surface area contributed by atoms with Gasteiger partial charge in [0.25, 0.3) is 0 Å². The van der Waals surface area contributed by atoms with Crippen LogP contribution in [0.4, 0.5) is 5.69 Å². The van der Waals surface area contributed by atoms with E-state index in [1.807, 2.05) is 12.1 Å². The molecule has 0 fully saturated rings. The molecule has 3 nitrogen and oxygen atoms in total. The van der Waals surface area contributed by atoms with Gasteiger partial charge in [0.05, 0.1) is 11.2 Å². The van der Waals surface area contributed by atoms with Gasteiger partial charge >= 0.3 is 0 Å². The van der Waals surface area contributed by atoms with Gasteiger partial charge in [-0.25, -0.2) is 0 Å². The first-order valence-electron chi connectivity index (χ1n) is 6.06. The molecular weight excluding hydrogens is 210 g/mol. The van der Waals surface area contributed by atoms with E-state index in [4.69, 9.17) is 5.73 Å². The van der Waals surface area contributed by atoms with Crippen LogP contribution in [0.5, 0.6) is 0 Å². The second-order valence-corrected chi connectivity index (χ2v) is 4.28. The number of para-hydroxylation sites is 1. The van der Waals surface area contributed by atoms with Crippen molar-refractivity contribution in [3.63, 3.8) is 0 Å². The Balaban J connectivity index is 2.58. The molecule has 0 aliphatic carbocycles. The first-order chi connectivity index (χ1) is 8.26. The van der Waals surface area contributed by atoms with Crippen LogP contribution < -0.4 is 10.6 Å². The molecule has 1 aromatic heterocycles. The molecule has 90 valence electrons. The Hall–Kier alpha value is -1.61. The van der Waals surface area contributed by atoms with Crippen molar-refractivity contribution in [2.45, 2.75) is 19.9 Å². The summed E-state index contributed by atoms with van der Waals surface area (Å²) in [6.07, 6.45) is 1.13. The summed E-state index contributed by atoms with van der Waals surface area (Å²) in [7, 11) is 2.12. The van der Waals surface area contributed by atoms with Crippen molar-refractivity contribution in [2.24, 2.45) is 5.73 Å². The van der Waals surface area contributed by atoms with Crippen LogP contribution in [0.25, 0.3) is 10.9 Å². The van der Waals surface area contributed by atoms with Gasteiger partial charge in [-0.2, -0.15) is 0 Å². The van der Waals surface area contributed by atoms with Crippen molar-refractivity contribution >= 4 is 16.6 Å². The Morgan fingerprint density at radius 2 is 2.06 bits per heavy atom. The summed E-state index contributed by atoms with van der Waals surface area (Å²) in [5.74, 6) is 0. The standard InChI is InChI=1S/C14H19N3/c1-3-8-17(2)14-9-11(10-15)16-13-7-5-4-6-12(13)14/h4-7,9H,3,8,10,15H2,1-2H3. The first-order valence-corrected chi connectivity index (χ1v) is 6.06. The van der Waals surface area contributed by atoms with E-state index in [1.54, 1.807) is 0 Å². The molecule has 0 saturated carbocycles. The zero-order valence-corrected chi connectivity index (χ0v) is 10.5. The average Bonchev–Trinajstić information content (AvgIpc) is 2.37. The van der Waals surface area contributed by atoms with Gasteiger partial charge in [0, 0.05) is 31.2 Å². The number of fused-ring (bicyclic) bond motifs is 1. The van der Waals surface area contributed by atoms with Gasteiger partial charge in [-0.3, -0.25) is 4.98 Å². The Morgan fingerprint density at radius 3 is 2.76 bits per heavy atom. The first kappa shape index (κ1) is 11.9. The molecule has 17 heavy (non-hydrogen) atoms. The van der Waals surface area contributed by atoms with E-state index >= 15 is 0 Å². The lowest BCUT2D eigenvalue weighted by Crippen LogP contribution is -2.18. The number of nitrogens with two attached hydrogens (primary N) is 1. The van der Waals surface area contributed by atoms with E-state index in [9.17, 15) is 0 Å². The van der Waals surface area contributed by atoms with Crippen LogP contribution in [0.2, 0.25) is 0 Å². The van der Waals surface area contributed by atoms with Gasteiger partial charge in [0.1, 0.15) is 0 Å². The number of aromatic nitrogens is 1. The predicted octanol–water partition coefficient (Wildman–Crippen LogP) is 2.54. The summed E-state index contributed by atoms with van der Waals surface area (Å²) < 4.78 is 0. The van der Waals surface area contributed by atoms with Gasteiger partial charge in [0.15, 0.2) is 0 Å². The lowest BCUT2D eigenvalue weighted by Gasteiger charge is -2.21. The van der Waals surface area contributed by atoms with Gasteiger partial charge in [-0.05, 0) is 18.6 Å². The zero-order valence-electron chi connectivity index (χ0n) is 10.5. The minimum Gasteiger partial charge on any atom is -0.374 e. The van der Waals surface area contributed by atoms with Gasteiger partial charge in [0.2, 0.25) is 0 Å².